The fraction of sp³-hybridized carbons (Fsp3) is 0.571. The van der Waals surface area contributed by atoms with Gasteiger partial charge in [0, 0.05) is 25.3 Å². The van der Waals surface area contributed by atoms with Gasteiger partial charge in [0.1, 0.15) is 6.07 Å². The van der Waals surface area contributed by atoms with E-state index >= 15 is 0 Å². The lowest BCUT2D eigenvalue weighted by Gasteiger charge is -2.40. The van der Waals surface area contributed by atoms with Crippen molar-refractivity contribution in [3.8, 4) is 6.07 Å². The second-order valence-corrected chi connectivity index (χ2v) is 4.86. The molecule has 2 unspecified atom stereocenters. The average Bonchev–Trinajstić information content (AvgIpc) is 2.46. The van der Waals surface area contributed by atoms with Gasteiger partial charge in [0.2, 0.25) is 0 Å². The first-order valence-corrected chi connectivity index (χ1v) is 6.62. The molecule has 2 atom stereocenters. The molecule has 4 nitrogen and oxygen atoms in total. The highest BCUT2D eigenvalue weighted by Crippen LogP contribution is 2.30. The molecule has 4 heteroatoms. The van der Waals surface area contributed by atoms with Crippen LogP contribution >= 0.6 is 0 Å². The molecule has 1 aliphatic rings. The zero-order valence-electron chi connectivity index (χ0n) is 10.8. The Bertz CT molecular complexity index is 438. The number of rotatable bonds is 3. The molecule has 0 aliphatic carbocycles. The minimum Gasteiger partial charge on any atom is -0.365 e. The van der Waals surface area contributed by atoms with E-state index in [9.17, 15) is 0 Å². The highest BCUT2D eigenvalue weighted by molar-refractivity contribution is 5.56. The van der Waals surface area contributed by atoms with Gasteiger partial charge in [-0.25, -0.2) is 4.98 Å². The Morgan fingerprint density at radius 2 is 2.44 bits per heavy atom. The molecule has 0 saturated carbocycles. The summed E-state index contributed by atoms with van der Waals surface area (Å²) in [5, 5.41) is 9.14. The molecule has 0 bridgehead atoms. The molecule has 18 heavy (non-hydrogen) atoms. The number of aromatic nitrogens is 1. The third-order valence-corrected chi connectivity index (χ3v) is 3.88. The largest absolute Gasteiger partial charge is 0.365 e. The van der Waals surface area contributed by atoms with Gasteiger partial charge in [-0.1, -0.05) is 13.3 Å². The molecule has 2 N–H and O–H groups in total. The van der Waals surface area contributed by atoms with Crippen molar-refractivity contribution < 1.29 is 0 Å². The highest BCUT2D eigenvalue weighted by atomic mass is 15.2. The highest BCUT2D eigenvalue weighted by Gasteiger charge is 2.28. The quantitative estimate of drug-likeness (QED) is 0.882. The first kappa shape index (κ1) is 12.8. The van der Waals surface area contributed by atoms with Crippen molar-refractivity contribution in [2.24, 2.45) is 11.7 Å². The van der Waals surface area contributed by atoms with E-state index in [0.29, 0.717) is 18.3 Å². The number of anilines is 1. The maximum atomic E-state index is 9.14. The second-order valence-electron chi connectivity index (χ2n) is 4.86. The van der Waals surface area contributed by atoms with Gasteiger partial charge in [0.05, 0.1) is 5.69 Å². The summed E-state index contributed by atoms with van der Waals surface area (Å²) in [6.07, 6.45) is 5.17. The first-order valence-electron chi connectivity index (χ1n) is 6.62. The normalized spacial score (nSPS) is 23.7. The Balaban J connectivity index is 2.24. The zero-order chi connectivity index (χ0) is 13.0. The van der Waals surface area contributed by atoms with Gasteiger partial charge in [-0.15, -0.1) is 0 Å². The number of nitriles is 1. The van der Waals surface area contributed by atoms with Crippen LogP contribution in [0.2, 0.25) is 0 Å². The molecule has 1 aromatic rings. The Morgan fingerprint density at radius 1 is 1.61 bits per heavy atom. The standard InChI is InChI=1S/C14H20N4/c1-2-11-5-7-18(12(8-11)9-15)14-4-3-6-17-13(14)10-16/h3-4,6,11-12H,2,5,7-9,15H2,1H3. The van der Waals surface area contributed by atoms with Gasteiger partial charge < -0.3 is 10.6 Å². The van der Waals surface area contributed by atoms with Crippen LogP contribution in [0.3, 0.4) is 0 Å². The summed E-state index contributed by atoms with van der Waals surface area (Å²) in [6, 6.07) is 6.36. The molecule has 0 spiro atoms. The fourth-order valence-electron chi connectivity index (χ4n) is 2.76. The first-order chi connectivity index (χ1) is 8.80. The van der Waals surface area contributed by atoms with Crippen LogP contribution in [0.25, 0.3) is 0 Å². The third-order valence-electron chi connectivity index (χ3n) is 3.88. The second kappa shape index (κ2) is 5.83. The van der Waals surface area contributed by atoms with Gasteiger partial charge in [0.15, 0.2) is 5.69 Å². The van der Waals surface area contributed by atoms with Crippen molar-refractivity contribution in [2.75, 3.05) is 18.0 Å². The molecule has 1 fully saturated rings. The van der Waals surface area contributed by atoms with E-state index in [2.05, 4.69) is 22.9 Å². The molecule has 1 saturated heterocycles. The number of hydrogen-bond donors (Lipinski definition) is 1. The Hall–Kier alpha value is -1.60. The predicted molar refractivity (Wildman–Crippen MR) is 72.2 cm³/mol. The van der Waals surface area contributed by atoms with Gasteiger partial charge in [-0.3, -0.25) is 0 Å². The SMILES string of the molecule is CCC1CCN(c2cccnc2C#N)C(CN)C1. The van der Waals surface area contributed by atoms with Crippen LogP contribution in [0.4, 0.5) is 5.69 Å². The maximum Gasteiger partial charge on any atom is 0.163 e. The molecular formula is C14H20N4. The van der Waals surface area contributed by atoms with Gasteiger partial charge in [-0.2, -0.15) is 5.26 Å². The van der Waals surface area contributed by atoms with Crippen LogP contribution in [-0.4, -0.2) is 24.1 Å². The molecule has 0 radical (unpaired) electrons. The van der Waals surface area contributed by atoms with Gasteiger partial charge in [-0.05, 0) is 30.9 Å². The zero-order valence-corrected chi connectivity index (χ0v) is 10.8. The van der Waals surface area contributed by atoms with E-state index in [1.54, 1.807) is 6.20 Å². The summed E-state index contributed by atoms with van der Waals surface area (Å²) in [5.41, 5.74) is 7.34. The summed E-state index contributed by atoms with van der Waals surface area (Å²) in [4.78, 5) is 6.40. The fourth-order valence-corrected chi connectivity index (χ4v) is 2.76. The molecule has 1 aromatic heterocycles. The van der Waals surface area contributed by atoms with E-state index in [-0.39, 0.29) is 0 Å². The minimum absolute atomic E-state index is 0.333. The Labute approximate surface area is 108 Å². The van der Waals surface area contributed by atoms with Crippen LogP contribution in [-0.2, 0) is 0 Å². The summed E-state index contributed by atoms with van der Waals surface area (Å²) >= 11 is 0. The summed E-state index contributed by atoms with van der Waals surface area (Å²) in [5.74, 6) is 0.761. The molecule has 96 valence electrons. The summed E-state index contributed by atoms with van der Waals surface area (Å²) in [6.45, 7) is 3.84. The minimum atomic E-state index is 0.333. The van der Waals surface area contributed by atoms with Gasteiger partial charge in [0.25, 0.3) is 0 Å². The van der Waals surface area contributed by atoms with Crippen molar-refractivity contribution >= 4 is 5.69 Å². The van der Waals surface area contributed by atoms with Gasteiger partial charge >= 0.3 is 0 Å². The molecule has 1 aliphatic heterocycles. The van der Waals surface area contributed by atoms with Crippen LogP contribution in [0, 0.1) is 17.2 Å². The van der Waals surface area contributed by atoms with E-state index in [1.807, 2.05) is 12.1 Å². The third kappa shape index (κ3) is 2.46. The predicted octanol–water partition coefficient (Wildman–Crippen LogP) is 1.91. The smallest absolute Gasteiger partial charge is 0.163 e. The maximum absolute atomic E-state index is 9.14. The van der Waals surface area contributed by atoms with Crippen molar-refractivity contribution in [1.29, 1.82) is 5.26 Å². The molecule has 0 amide bonds. The van der Waals surface area contributed by atoms with Crippen LogP contribution in [0.5, 0.6) is 0 Å². The van der Waals surface area contributed by atoms with Crippen LogP contribution in [0.15, 0.2) is 18.3 Å². The van der Waals surface area contributed by atoms with Crippen molar-refractivity contribution in [3.05, 3.63) is 24.0 Å². The Morgan fingerprint density at radius 3 is 3.11 bits per heavy atom. The topological polar surface area (TPSA) is 65.9 Å². The molecule has 0 aromatic carbocycles. The molecule has 2 heterocycles. The van der Waals surface area contributed by atoms with E-state index in [4.69, 9.17) is 11.0 Å². The van der Waals surface area contributed by atoms with E-state index in [0.717, 1.165) is 24.6 Å². The summed E-state index contributed by atoms with van der Waals surface area (Å²) < 4.78 is 0. The number of nitrogens with two attached hydrogens (primary N) is 1. The number of hydrogen-bond acceptors (Lipinski definition) is 4. The Kier molecular flexibility index (Phi) is 4.16. The van der Waals surface area contributed by atoms with Crippen LogP contribution < -0.4 is 10.6 Å². The van der Waals surface area contributed by atoms with Crippen molar-refractivity contribution in [2.45, 2.75) is 32.2 Å². The monoisotopic (exact) mass is 244 g/mol. The van der Waals surface area contributed by atoms with E-state index in [1.165, 1.54) is 12.8 Å². The van der Waals surface area contributed by atoms with E-state index < -0.39 is 0 Å². The number of pyridine rings is 1. The average molecular weight is 244 g/mol. The molecular weight excluding hydrogens is 224 g/mol. The van der Waals surface area contributed by atoms with Crippen LogP contribution in [0.1, 0.15) is 31.9 Å². The number of piperidine rings is 1. The lowest BCUT2D eigenvalue weighted by atomic mass is 9.88. The van der Waals surface area contributed by atoms with Crippen molar-refractivity contribution in [3.63, 3.8) is 0 Å². The number of nitrogens with zero attached hydrogens (tertiary/aromatic N) is 3. The summed E-state index contributed by atoms with van der Waals surface area (Å²) in [7, 11) is 0. The van der Waals surface area contributed by atoms with Crippen molar-refractivity contribution in [1.82, 2.24) is 4.98 Å². The lowest BCUT2D eigenvalue weighted by molar-refractivity contribution is 0.335. The lowest BCUT2D eigenvalue weighted by Crippen LogP contribution is -2.47. The molecule has 2 rings (SSSR count).